The third-order valence-corrected chi connectivity index (χ3v) is 4.43. The number of halogens is 1. The van der Waals surface area contributed by atoms with Gasteiger partial charge in [0.2, 0.25) is 0 Å². The summed E-state index contributed by atoms with van der Waals surface area (Å²) >= 11 is 0. The molecule has 0 spiro atoms. The number of likely N-dealkylation sites (tertiary alicyclic amines) is 1. The summed E-state index contributed by atoms with van der Waals surface area (Å²) in [5.74, 6) is 1.49. The molecule has 3 rings (SSSR count). The van der Waals surface area contributed by atoms with Crippen molar-refractivity contribution in [2.75, 3.05) is 32.8 Å². The second-order valence-electron chi connectivity index (χ2n) is 6.04. The summed E-state index contributed by atoms with van der Waals surface area (Å²) < 4.78 is 5.67. The van der Waals surface area contributed by atoms with E-state index >= 15 is 0 Å². The van der Waals surface area contributed by atoms with Crippen molar-refractivity contribution in [1.29, 1.82) is 0 Å². The van der Waals surface area contributed by atoms with Crippen LogP contribution in [-0.2, 0) is 0 Å². The first-order chi connectivity index (χ1) is 10.8. The van der Waals surface area contributed by atoms with Gasteiger partial charge in [-0.15, -0.1) is 24.0 Å². The molecule has 0 aromatic heterocycles. The number of piperidine rings is 1. The Morgan fingerprint density at radius 2 is 2.04 bits per heavy atom. The van der Waals surface area contributed by atoms with Crippen LogP contribution in [0.25, 0.3) is 0 Å². The van der Waals surface area contributed by atoms with E-state index < -0.39 is 0 Å². The Kier molecular flexibility index (Phi) is 7.42. The largest absolute Gasteiger partial charge is 0.493 e. The van der Waals surface area contributed by atoms with Crippen LogP contribution in [0.15, 0.2) is 29.3 Å². The SMILES string of the molecule is I.NC(=NCCN1CCCCC1)NC1CCOc2ccccc21. The second kappa shape index (κ2) is 9.32. The summed E-state index contributed by atoms with van der Waals surface area (Å²) in [6.07, 6.45) is 4.92. The average molecular weight is 430 g/mol. The Morgan fingerprint density at radius 3 is 2.87 bits per heavy atom. The van der Waals surface area contributed by atoms with Gasteiger partial charge in [-0.25, -0.2) is 0 Å². The summed E-state index contributed by atoms with van der Waals surface area (Å²) in [5.41, 5.74) is 7.23. The highest BCUT2D eigenvalue weighted by atomic mass is 127. The Balaban J connectivity index is 0.00000192. The maximum Gasteiger partial charge on any atom is 0.189 e. The van der Waals surface area contributed by atoms with E-state index in [1.54, 1.807) is 0 Å². The van der Waals surface area contributed by atoms with Crippen molar-refractivity contribution in [2.24, 2.45) is 10.7 Å². The molecule has 0 amide bonds. The van der Waals surface area contributed by atoms with Gasteiger partial charge < -0.3 is 20.7 Å². The predicted molar refractivity (Wildman–Crippen MR) is 105 cm³/mol. The molecule has 2 heterocycles. The Bertz CT molecular complexity index is 517. The van der Waals surface area contributed by atoms with Crippen LogP contribution >= 0.6 is 24.0 Å². The standard InChI is InChI=1S/C17H26N4O.HI/c18-17(19-9-12-21-10-4-1-5-11-21)20-15-8-13-22-16-7-3-2-6-14(15)16;/h2-3,6-7,15H,1,4-5,8-13H2,(H3,18,19,20);1H. The summed E-state index contributed by atoms with van der Waals surface area (Å²) in [5, 5.41) is 3.34. The smallest absolute Gasteiger partial charge is 0.189 e. The molecule has 1 aromatic carbocycles. The first-order valence-electron chi connectivity index (χ1n) is 8.33. The molecule has 0 radical (unpaired) electrons. The minimum absolute atomic E-state index is 0. The molecule has 0 bridgehead atoms. The predicted octanol–water partition coefficient (Wildman–Crippen LogP) is 2.52. The van der Waals surface area contributed by atoms with Gasteiger partial charge in [0.05, 0.1) is 19.2 Å². The highest BCUT2D eigenvalue weighted by molar-refractivity contribution is 14.0. The lowest BCUT2D eigenvalue weighted by atomic mass is 10.0. The molecule has 2 aliphatic heterocycles. The highest BCUT2D eigenvalue weighted by Crippen LogP contribution is 2.31. The number of ether oxygens (including phenoxy) is 1. The van der Waals surface area contributed by atoms with Crippen LogP contribution in [0.4, 0.5) is 0 Å². The number of fused-ring (bicyclic) bond motifs is 1. The molecule has 1 atom stereocenters. The van der Waals surface area contributed by atoms with Crippen molar-refractivity contribution in [1.82, 2.24) is 10.2 Å². The van der Waals surface area contributed by atoms with Crippen molar-refractivity contribution in [3.05, 3.63) is 29.8 Å². The first-order valence-corrected chi connectivity index (χ1v) is 8.33. The van der Waals surface area contributed by atoms with Crippen LogP contribution in [0.1, 0.15) is 37.3 Å². The summed E-state index contributed by atoms with van der Waals surface area (Å²) in [7, 11) is 0. The number of hydrogen-bond acceptors (Lipinski definition) is 3. The molecular weight excluding hydrogens is 403 g/mol. The van der Waals surface area contributed by atoms with Gasteiger partial charge in [0.25, 0.3) is 0 Å². The molecule has 23 heavy (non-hydrogen) atoms. The van der Waals surface area contributed by atoms with Crippen LogP contribution in [0, 0.1) is 0 Å². The van der Waals surface area contributed by atoms with E-state index in [2.05, 4.69) is 21.3 Å². The van der Waals surface area contributed by atoms with Crippen molar-refractivity contribution < 1.29 is 4.74 Å². The van der Waals surface area contributed by atoms with Crippen molar-refractivity contribution >= 4 is 29.9 Å². The van der Waals surface area contributed by atoms with Crippen LogP contribution in [0.3, 0.4) is 0 Å². The number of aliphatic imine (C=N–C) groups is 1. The minimum atomic E-state index is 0. The topological polar surface area (TPSA) is 62.9 Å². The third kappa shape index (κ3) is 5.24. The molecule has 6 heteroatoms. The number of para-hydroxylation sites is 1. The lowest BCUT2D eigenvalue weighted by molar-refractivity contribution is 0.235. The molecule has 2 aliphatic rings. The lowest BCUT2D eigenvalue weighted by Gasteiger charge is -2.27. The van der Waals surface area contributed by atoms with Crippen LogP contribution in [0.5, 0.6) is 5.75 Å². The number of benzene rings is 1. The van der Waals surface area contributed by atoms with Gasteiger partial charge in [-0.2, -0.15) is 0 Å². The van der Waals surface area contributed by atoms with Crippen LogP contribution < -0.4 is 15.8 Å². The Morgan fingerprint density at radius 1 is 1.26 bits per heavy atom. The molecule has 0 aliphatic carbocycles. The Labute approximate surface area is 155 Å². The monoisotopic (exact) mass is 430 g/mol. The van der Waals surface area contributed by atoms with E-state index in [0.29, 0.717) is 5.96 Å². The molecule has 1 saturated heterocycles. The van der Waals surface area contributed by atoms with Gasteiger partial charge in [-0.1, -0.05) is 24.6 Å². The lowest BCUT2D eigenvalue weighted by Crippen LogP contribution is -2.38. The fourth-order valence-corrected chi connectivity index (χ4v) is 3.21. The van der Waals surface area contributed by atoms with Gasteiger partial charge in [0.15, 0.2) is 5.96 Å². The maximum atomic E-state index is 6.06. The quantitative estimate of drug-likeness (QED) is 0.438. The number of rotatable bonds is 4. The fraction of sp³-hybridized carbons (Fsp3) is 0.588. The molecule has 0 saturated carbocycles. The van der Waals surface area contributed by atoms with Crippen molar-refractivity contribution in [3.63, 3.8) is 0 Å². The van der Waals surface area contributed by atoms with Gasteiger partial charge >= 0.3 is 0 Å². The molecule has 128 valence electrons. The number of nitrogens with two attached hydrogens (primary N) is 1. The molecular formula is C17H27IN4O. The van der Waals surface area contributed by atoms with Gasteiger partial charge in [-0.3, -0.25) is 4.99 Å². The molecule has 1 aromatic rings. The molecule has 3 N–H and O–H groups in total. The van der Waals surface area contributed by atoms with Gasteiger partial charge in [-0.05, 0) is 32.0 Å². The van der Waals surface area contributed by atoms with E-state index in [-0.39, 0.29) is 30.0 Å². The minimum Gasteiger partial charge on any atom is -0.493 e. The molecule has 1 unspecified atom stereocenters. The zero-order chi connectivity index (χ0) is 15.2. The average Bonchev–Trinajstić information content (AvgIpc) is 2.56. The highest BCUT2D eigenvalue weighted by Gasteiger charge is 2.21. The molecule has 1 fully saturated rings. The first kappa shape index (κ1) is 18.3. The number of guanidine groups is 1. The zero-order valence-electron chi connectivity index (χ0n) is 13.5. The van der Waals surface area contributed by atoms with E-state index in [1.807, 2.05) is 18.2 Å². The van der Waals surface area contributed by atoms with Gasteiger partial charge in [0, 0.05) is 18.5 Å². The normalized spacial score (nSPS) is 21.7. The van der Waals surface area contributed by atoms with E-state index in [4.69, 9.17) is 10.5 Å². The Hall–Kier alpha value is -1.02. The van der Waals surface area contributed by atoms with E-state index in [0.717, 1.165) is 31.9 Å². The van der Waals surface area contributed by atoms with Crippen LogP contribution in [0.2, 0.25) is 0 Å². The number of nitrogens with one attached hydrogen (secondary N) is 1. The van der Waals surface area contributed by atoms with E-state index in [9.17, 15) is 0 Å². The maximum absolute atomic E-state index is 6.06. The van der Waals surface area contributed by atoms with Crippen molar-refractivity contribution in [3.8, 4) is 5.75 Å². The summed E-state index contributed by atoms with van der Waals surface area (Å²) in [6, 6.07) is 8.33. The van der Waals surface area contributed by atoms with E-state index in [1.165, 1.54) is 37.9 Å². The number of nitrogens with zero attached hydrogens (tertiary/aromatic N) is 2. The second-order valence-corrected chi connectivity index (χ2v) is 6.04. The van der Waals surface area contributed by atoms with Crippen LogP contribution in [-0.4, -0.2) is 43.6 Å². The summed E-state index contributed by atoms with van der Waals surface area (Å²) in [4.78, 5) is 6.96. The number of hydrogen-bond donors (Lipinski definition) is 2. The van der Waals surface area contributed by atoms with Crippen molar-refractivity contribution in [2.45, 2.75) is 31.7 Å². The third-order valence-electron chi connectivity index (χ3n) is 4.43. The van der Waals surface area contributed by atoms with Gasteiger partial charge in [0.1, 0.15) is 5.75 Å². The summed E-state index contributed by atoms with van der Waals surface area (Å²) in [6.45, 7) is 4.90. The zero-order valence-corrected chi connectivity index (χ0v) is 15.9. The fourth-order valence-electron chi connectivity index (χ4n) is 3.21. The molecule has 5 nitrogen and oxygen atoms in total.